The standard InChI is InChI=1S/C22H42O4/c1-6-7-8-9-10-11-12-13-14-15-20(21(23)25-16-18(2)3)22(24)26-17-19(4)5/h18-20H,6-17H2,1-5H3. The van der Waals surface area contributed by atoms with Gasteiger partial charge in [0, 0.05) is 0 Å². The molecule has 4 nitrogen and oxygen atoms in total. The predicted octanol–water partition coefficient (Wildman–Crippen LogP) is 5.92. The highest BCUT2D eigenvalue weighted by atomic mass is 16.6. The number of ether oxygens (including phenoxy) is 2. The Hall–Kier alpha value is -1.06. The van der Waals surface area contributed by atoms with Crippen LogP contribution in [0.25, 0.3) is 0 Å². The molecule has 0 atom stereocenters. The van der Waals surface area contributed by atoms with E-state index in [2.05, 4.69) is 6.92 Å². The van der Waals surface area contributed by atoms with Gasteiger partial charge in [-0.3, -0.25) is 9.59 Å². The molecule has 0 spiro atoms. The highest BCUT2D eigenvalue weighted by molar-refractivity contribution is 5.94. The average Bonchev–Trinajstić information content (AvgIpc) is 2.59. The molecule has 154 valence electrons. The quantitative estimate of drug-likeness (QED) is 0.192. The van der Waals surface area contributed by atoms with Crippen molar-refractivity contribution in [3.63, 3.8) is 0 Å². The summed E-state index contributed by atoms with van der Waals surface area (Å²) < 4.78 is 10.6. The summed E-state index contributed by atoms with van der Waals surface area (Å²) in [5.41, 5.74) is 0. The maximum absolute atomic E-state index is 12.3. The van der Waals surface area contributed by atoms with Gasteiger partial charge in [0.1, 0.15) is 0 Å². The molecule has 0 aliphatic heterocycles. The molecule has 0 N–H and O–H groups in total. The van der Waals surface area contributed by atoms with Crippen molar-refractivity contribution in [2.45, 2.75) is 98.8 Å². The van der Waals surface area contributed by atoms with Gasteiger partial charge >= 0.3 is 11.9 Å². The lowest BCUT2D eigenvalue weighted by atomic mass is 9.99. The zero-order chi connectivity index (χ0) is 19.8. The number of unbranched alkanes of at least 4 members (excludes halogenated alkanes) is 8. The Labute approximate surface area is 161 Å². The summed E-state index contributed by atoms with van der Waals surface area (Å²) in [6, 6.07) is 0. The van der Waals surface area contributed by atoms with Gasteiger partial charge in [-0.15, -0.1) is 0 Å². The van der Waals surface area contributed by atoms with Gasteiger partial charge in [-0.25, -0.2) is 0 Å². The first-order valence-electron chi connectivity index (χ1n) is 10.7. The Bertz CT molecular complexity index is 339. The molecule has 0 heterocycles. The lowest BCUT2D eigenvalue weighted by Crippen LogP contribution is -2.29. The maximum atomic E-state index is 12.3. The topological polar surface area (TPSA) is 52.6 Å². The minimum absolute atomic E-state index is 0.263. The van der Waals surface area contributed by atoms with E-state index < -0.39 is 17.9 Å². The molecule has 0 saturated heterocycles. The third-order valence-corrected chi connectivity index (χ3v) is 4.28. The fourth-order valence-corrected chi connectivity index (χ4v) is 2.69. The van der Waals surface area contributed by atoms with Crippen LogP contribution in [0.1, 0.15) is 98.8 Å². The van der Waals surface area contributed by atoms with Crippen molar-refractivity contribution in [1.29, 1.82) is 0 Å². The Morgan fingerprint density at radius 2 is 1.04 bits per heavy atom. The Morgan fingerprint density at radius 3 is 1.42 bits per heavy atom. The summed E-state index contributed by atoms with van der Waals surface area (Å²) >= 11 is 0. The summed E-state index contributed by atoms with van der Waals surface area (Å²) in [5, 5.41) is 0. The van der Waals surface area contributed by atoms with Crippen LogP contribution in [0.15, 0.2) is 0 Å². The van der Waals surface area contributed by atoms with Gasteiger partial charge in [0.2, 0.25) is 0 Å². The van der Waals surface area contributed by atoms with Crippen molar-refractivity contribution in [2.75, 3.05) is 13.2 Å². The first-order chi connectivity index (χ1) is 12.4. The first-order valence-corrected chi connectivity index (χ1v) is 10.7. The van der Waals surface area contributed by atoms with Crippen LogP contribution in [0, 0.1) is 17.8 Å². The summed E-state index contributed by atoms with van der Waals surface area (Å²) in [7, 11) is 0. The molecule has 0 aliphatic carbocycles. The van der Waals surface area contributed by atoms with E-state index in [9.17, 15) is 9.59 Å². The lowest BCUT2D eigenvalue weighted by molar-refractivity contribution is -0.163. The Kier molecular flexibility index (Phi) is 15.5. The molecule has 4 heteroatoms. The number of carbonyl (C=O) groups excluding carboxylic acids is 2. The highest BCUT2D eigenvalue weighted by Gasteiger charge is 2.29. The lowest BCUT2D eigenvalue weighted by Gasteiger charge is -2.17. The van der Waals surface area contributed by atoms with Crippen molar-refractivity contribution in [3.05, 3.63) is 0 Å². The largest absolute Gasteiger partial charge is 0.465 e. The third kappa shape index (κ3) is 14.1. The smallest absolute Gasteiger partial charge is 0.320 e. The minimum Gasteiger partial charge on any atom is -0.465 e. The molecule has 0 fully saturated rings. The van der Waals surface area contributed by atoms with Gasteiger partial charge in [0.15, 0.2) is 5.92 Å². The van der Waals surface area contributed by atoms with Crippen molar-refractivity contribution in [1.82, 2.24) is 0 Å². The second kappa shape index (κ2) is 16.1. The molecule has 0 amide bonds. The molecule has 0 aromatic carbocycles. The van der Waals surface area contributed by atoms with Crippen LogP contribution in [0.5, 0.6) is 0 Å². The van der Waals surface area contributed by atoms with E-state index in [-0.39, 0.29) is 11.8 Å². The number of hydrogen-bond donors (Lipinski definition) is 0. The fourth-order valence-electron chi connectivity index (χ4n) is 2.69. The molecule has 0 aromatic rings. The maximum Gasteiger partial charge on any atom is 0.320 e. The number of rotatable bonds is 16. The molecule has 0 rings (SSSR count). The van der Waals surface area contributed by atoms with Crippen LogP contribution < -0.4 is 0 Å². The van der Waals surface area contributed by atoms with E-state index in [4.69, 9.17) is 9.47 Å². The van der Waals surface area contributed by atoms with Crippen LogP contribution in [0.3, 0.4) is 0 Å². The van der Waals surface area contributed by atoms with E-state index in [0.717, 1.165) is 12.8 Å². The molecule has 0 unspecified atom stereocenters. The predicted molar refractivity (Wildman–Crippen MR) is 107 cm³/mol. The van der Waals surface area contributed by atoms with Crippen LogP contribution in [0.2, 0.25) is 0 Å². The molecule has 26 heavy (non-hydrogen) atoms. The summed E-state index contributed by atoms with van der Waals surface area (Å²) in [6.07, 6.45) is 11.4. The molecular weight excluding hydrogens is 328 g/mol. The van der Waals surface area contributed by atoms with Gasteiger partial charge in [-0.05, 0) is 18.3 Å². The molecule has 0 bridgehead atoms. The van der Waals surface area contributed by atoms with Gasteiger partial charge in [0.25, 0.3) is 0 Å². The van der Waals surface area contributed by atoms with Crippen molar-refractivity contribution < 1.29 is 19.1 Å². The first kappa shape index (κ1) is 24.9. The molecule has 0 aliphatic rings. The van der Waals surface area contributed by atoms with Crippen LogP contribution in [-0.4, -0.2) is 25.2 Å². The van der Waals surface area contributed by atoms with Gasteiger partial charge in [0.05, 0.1) is 13.2 Å². The Morgan fingerprint density at radius 1 is 0.654 bits per heavy atom. The molecular formula is C22H42O4. The van der Waals surface area contributed by atoms with Crippen molar-refractivity contribution in [2.24, 2.45) is 17.8 Å². The summed E-state index contributed by atoms with van der Waals surface area (Å²) in [5.74, 6) is -1.09. The van der Waals surface area contributed by atoms with E-state index in [1.54, 1.807) is 0 Å². The second-order valence-corrected chi connectivity index (χ2v) is 8.22. The average molecular weight is 371 g/mol. The van der Waals surface area contributed by atoms with E-state index in [1.807, 2.05) is 27.7 Å². The summed E-state index contributed by atoms with van der Waals surface area (Å²) in [6.45, 7) is 10.9. The third-order valence-electron chi connectivity index (χ3n) is 4.28. The molecule has 0 aromatic heterocycles. The van der Waals surface area contributed by atoms with E-state index in [1.165, 1.54) is 44.9 Å². The number of carbonyl (C=O) groups is 2. The summed E-state index contributed by atoms with van der Waals surface area (Å²) in [4.78, 5) is 24.6. The Balaban J connectivity index is 4.18. The normalized spacial score (nSPS) is 11.4. The molecule has 0 radical (unpaired) electrons. The number of esters is 2. The zero-order valence-electron chi connectivity index (χ0n) is 17.9. The fraction of sp³-hybridized carbons (Fsp3) is 0.909. The van der Waals surface area contributed by atoms with Gasteiger partial charge < -0.3 is 9.47 Å². The highest BCUT2D eigenvalue weighted by Crippen LogP contribution is 2.17. The SMILES string of the molecule is CCCCCCCCCCCC(C(=O)OCC(C)C)C(=O)OCC(C)C. The monoisotopic (exact) mass is 370 g/mol. The van der Waals surface area contributed by atoms with Crippen molar-refractivity contribution >= 4 is 11.9 Å². The van der Waals surface area contributed by atoms with Gasteiger partial charge in [-0.1, -0.05) is 92.4 Å². The van der Waals surface area contributed by atoms with Crippen molar-refractivity contribution in [3.8, 4) is 0 Å². The van der Waals surface area contributed by atoms with E-state index in [0.29, 0.717) is 19.6 Å². The second-order valence-electron chi connectivity index (χ2n) is 8.22. The molecule has 0 saturated carbocycles. The zero-order valence-corrected chi connectivity index (χ0v) is 17.9. The van der Waals surface area contributed by atoms with Crippen LogP contribution in [0.4, 0.5) is 0 Å². The van der Waals surface area contributed by atoms with Gasteiger partial charge in [-0.2, -0.15) is 0 Å². The van der Waals surface area contributed by atoms with Crippen LogP contribution in [-0.2, 0) is 19.1 Å². The number of hydrogen-bond acceptors (Lipinski definition) is 4. The minimum atomic E-state index is -0.767. The van der Waals surface area contributed by atoms with Crippen LogP contribution >= 0.6 is 0 Å². The van der Waals surface area contributed by atoms with E-state index >= 15 is 0 Å².